The molecule has 1 heterocycles. The quantitative estimate of drug-likeness (QED) is 0.190. The van der Waals surface area contributed by atoms with Gasteiger partial charge in [0.05, 0.1) is 15.4 Å². The van der Waals surface area contributed by atoms with E-state index in [1.807, 2.05) is 30.3 Å². The van der Waals surface area contributed by atoms with Crippen molar-refractivity contribution >= 4 is 23.0 Å². The molecule has 12 nitrogen and oxygen atoms in total. The molecule has 0 bridgehead atoms. The van der Waals surface area contributed by atoms with E-state index in [0.717, 1.165) is 11.6 Å². The first-order valence-electron chi connectivity index (χ1n) is 10.7. The van der Waals surface area contributed by atoms with Crippen molar-refractivity contribution in [2.75, 3.05) is 5.32 Å². The second-order valence-electron chi connectivity index (χ2n) is 7.62. The Morgan fingerprint density at radius 3 is 2.31 bits per heavy atom. The minimum atomic E-state index is -0.974. The number of aromatic nitrogens is 2. The number of carbonyl (C=O) groups is 1. The zero-order valence-electron chi connectivity index (χ0n) is 18.9. The molecule has 3 aromatic carbocycles. The maximum absolute atomic E-state index is 13.0. The van der Waals surface area contributed by atoms with Crippen LogP contribution in [-0.4, -0.2) is 26.0 Å². The third-order valence-electron chi connectivity index (χ3n) is 5.16. The monoisotopic (exact) mass is 489 g/mol. The van der Waals surface area contributed by atoms with Crippen LogP contribution in [0.1, 0.15) is 34.8 Å². The Morgan fingerprint density at radius 1 is 0.972 bits per heavy atom. The Hall–Kier alpha value is -5.13. The zero-order chi connectivity index (χ0) is 25.7. The van der Waals surface area contributed by atoms with Crippen molar-refractivity contribution in [3.8, 4) is 11.5 Å². The summed E-state index contributed by atoms with van der Waals surface area (Å²) in [6.45, 7) is 1.90. The van der Waals surface area contributed by atoms with Crippen molar-refractivity contribution in [1.82, 2.24) is 10.2 Å². The predicted octanol–water partition coefficient (Wildman–Crippen LogP) is 5.08. The van der Waals surface area contributed by atoms with Crippen molar-refractivity contribution in [3.05, 3.63) is 110 Å². The summed E-state index contributed by atoms with van der Waals surface area (Å²) in [5, 5.41) is 33.0. The molecule has 1 atom stereocenters. The molecule has 0 aliphatic rings. The van der Waals surface area contributed by atoms with Gasteiger partial charge in [0.15, 0.2) is 6.10 Å². The van der Waals surface area contributed by atoms with Gasteiger partial charge in [-0.25, -0.2) is 4.79 Å². The molecule has 4 aromatic rings. The first kappa shape index (κ1) is 24.0. The summed E-state index contributed by atoms with van der Waals surface area (Å²) in [6, 6.07) is 18.8. The Bertz CT molecular complexity index is 1400. The van der Waals surface area contributed by atoms with Gasteiger partial charge < -0.3 is 14.5 Å². The molecule has 182 valence electrons. The van der Waals surface area contributed by atoms with Gasteiger partial charge in [0.1, 0.15) is 0 Å². The van der Waals surface area contributed by atoms with Crippen LogP contribution >= 0.6 is 0 Å². The standard InChI is InChI=1S/C24H19N5O7/c1-15(22-26-27-23(36-22)17-7-9-18(10-8-17)28(31)32)35-24(30)20-13-19(29(33)34)11-12-21(20)25-14-16-5-3-2-4-6-16/h2-13,15,25H,14H2,1H3. The van der Waals surface area contributed by atoms with Crippen LogP contribution in [0.15, 0.2) is 77.2 Å². The average molecular weight is 489 g/mol. The lowest BCUT2D eigenvalue weighted by atomic mass is 10.1. The lowest BCUT2D eigenvalue weighted by Crippen LogP contribution is -2.13. The van der Waals surface area contributed by atoms with Gasteiger partial charge in [-0.15, -0.1) is 10.2 Å². The highest BCUT2D eigenvalue weighted by Gasteiger charge is 2.24. The van der Waals surface area contributed by atoms with E-state index in [1.54, 1.807) is 0 Å². The SMILES string of the molecule is CC(OC(=O)c1cc([N+](=O)[O-])ccc1NCc1ccccc1)c1nnc(-c2ccc([N+](=O)[O-])cc2)o1. The van der Waals surface area contributed by atoms with E-state index in [4.69, 9.17) is 9.15 Å². The minimum absolute atomic E-state index is 0.0130. The molecule has 0 aliphatic carbocycles. The van der Waals surface area contributed by atoms with Crippen LogP contribution in [0.3, 0.4) is 0 Å². The molecule has 0 amide bonds. The third kappa shape index (κ3) is 5.50. The Labute approximate surface area is 203 Å². The van der Waals surface area contributed by atoms with Crippen LogP contribution in [0.5, 0.6) is 0 Å². The molecule has 0 fully saturated rings. The average Bonchev–Trinajstić information content (AvgIpc) is 3.38. The first-order chi connectivity index (χ1) is 17.3. The van der Waals surface area contributed by atoms with Gasteiger partial charge in [-0.1, -0.05) is 30.3 Å². The molecule has 1 N–H and O–H groups in total. The molecule has 0 radical (unpaired) electrons. The van der Waals surface area contributed by atoms with Gasteiger partial charge in [0.2, 0.25) is 5.89 Å². The Morgan fingerprint density at radius 2 is 1.64 bits per heavy atom. The minimum Gasteiger partial charge on any atom is -0.449 e. The number of nitro benzene ring substituents is 2. The van der Waals surface area contributed by atoms with Gasteiger partial charge in [0, 0.05) is 42.1 Å². The highest BCUT2D eigenvalue weighted by atomic mass is 16.6. The van der Waals surface area contributed by atoms with Crippen molar-refractivity contribution in [3.63, 3.8) is 0 Å². The molecule has 0 saturated heterocycles. The number of benzene rings is 3. The topological polar surface area (TPSA) is 164 Å². The van der Waals surface area contributed by atoms with E-state index < -0.39 is 21.9 Å². The van der Waals surface area contributed by atoms with Gasteiger partial charge in [-0.2, -0.15) is 0 Å². The van der Waals surface area contributed by atoms with E-state index in [1.165, 1.54) is 43.3 Å². The molecule has 0 saturated carbocycles. The summed E-state index contributed by atoms with van der Waals surface area (Å²) in [7, 11) is 0. The number of rotatable bonds is 9. The lowest BCUT2D eigenvalue weighted by molar-refractivity contribution is -0.385. The number of non-ortho nitro benzene ring substituents is 2. The summed E-state index contributed by atoms with van der Waals surface area (Å²) in [4.78, 5) is 33.9. The summed E-state index contributed by atoms with van der Waals surface area (Å²) in [5.41, 5.74) is 1.38. The fourth-order valence-corrected chi connectivity index (χ4v) is 3.28. The first-order valence-corrected chi connectivity index (χ1v) is 10.7. The lowest BCUT2D eigenvalue weighted by Gasteiger charge is -2.14. The van der Waals surface area contributed by atoms with E-state index >= 15 is 0 Å². The number of ether oxygens (including phenoxy) is 1. The summed E-state index contributed by atoms with van der Waals surface area (Å²) < 4.78 is 11.0. The van der Waals surface area contributed by atoms with Gasteiger partial charge in [-0.3, -0.25) is 20.2 Å². The fraction of sp³-hybridized carbons (Fsp3) is 0.125. The van der Waals surface area contributed by atoms with Crippen LogP contribution in [0.4, 0.5) is 17.1 Å². The van der Waals surface area contributed by atoms with Gasteiger partial charge >= 0.3 is 5.97 Å². The van der Waals surface area contributed by atoms with Crippen molar-refractivity contribution in [1.29, 1.82) is 0 Å². The normalized spacial score (nSPS) is 11.5. The molecule has 0 aliphatic heterocycles. The second-order valence-corrected chi connectivity index (χ2v) is 7.62. The van der Waals surface area contributed by atoms with Crippen molar-refractivity contribution in [2.45, 2.75) is 19.6 Å². The summed E-state index contributed by atoms with van der Waals surface area (Å²) in [6.07, 6.45) is -0.974. The van der Waals surface area contributed by atoms with Gasteiger partial charge in [-0.05, 0) is 30.7 Å². The molecular formula is C24H19N5O7. The molecular weight excluding hydrogens is 470 g/mol. The third-order valence-corrected chi connectivity index (χ3v) is 5.16. The van der Waals surface area contributed by atoms with Crippen molar-refractivity contribution < 1.29 is 23.8 Å². The number of carbonyl (C=O) groups excluding carboxylic acids is 1. The molecule has 1 aromatic heterocycles. The number of anilines is 1. The molecule has 36 heavy (non-hydrogen) atoms. The highest BCUT2D eigenvalue weighted by Crippen LogP contribution is 2.28. The largest absolute Gasteiger partial charge is 0.449 e. The number of nitro groups is 2. The smallest absolute Gasteiger partial charge is 0.341 e. The number of esters is 1. The Kier molecular flexibility index (Phi) is 6.95. The van der Waals surface area contributed by atoms with Crippen LogP contribution in [0, 0.1) is 20.2 Å². The van der Waals surface area contributed by atoms with Gasteiger partial charge in [0.25, 0.3) is 17.3 Å². The van der Waals surface area contributed by atoms with Crippen LogP contribution < -0.4 is 5.32 Å². The maximum Gasteiger partial charge on any atom is 0.341 e. The van der Waals surface area contributed by atoms with E-state index in [2.05, 4.69) is 15.5 Å². The van der Waals surface area contributed by atoms with Crippen LogP contribution in [0.25, 0.3) is 11.5 Å². The molecule has 12 heteroatoms. The van der Waals surface area contributed by atoms with Crippen LogP contribution in [-0.2, 0) is 11.3 Å². The van der Waals surface area contributed by atoms with E-state index in [-0.39, 0.29) is 28.7 Å². The molecule has 0 spiro atoms. The highest BCUT2D eigenvalue weighted by molar-refractivity contribution is 5.96. The fourth-order valence-electron chi connectivity index (χ4n) is 3.28. The Balaban J connectivity index is 1.51. The molecule has 1 unspecified atom stereocenters. The predicted molar refractivity (Wildman–Crippen MR) is 127 cm³/mol. The maximum atomic E-state index is 13.0. The second kappa shape index (κ2) is 10.4. The number of hydrogen-bond donors (Lipinski definition) is 1. The van der Waals surface area contributed by atoms with Crippen LogP contribution in [0.2, 0.25) is 0 Å². The van der Waals surface area contributed by atoms with E-state index in [9.17, 15) is 25.0 Å². The molecule has 4 rings (SSSR count). The number of nitrogens with zero attached hydrogens (tertiary/aromatic N) is 4. The number of nitrogens with one attached hydrogen (secondary N) is 1. The van der Waals surface area contributed by atoms with E-state index in [0.29, 0.717) is 17.8 Å². The summed E-state index contributed by atoms with van der Waals surface area (Å²) in [5.74, 6) is -0.749. The zero-order valence-corrected chi connectivity index (χ0v) is 18.9. The summed E-state index contributed by atoms with van der Waals surface area (Å²) >= 11 is 0. The number of hydrogen-bond acceptors (Lipinski definition) is 10. The van der Waals surface area contributed by atoms with Crippen molar-refractivity contribution in [2.24, 2.45) is 0 Å².